The number of hydrogen-bond donors (Lipinski definition) is 1. The topological polar surface area (TPSA) is 68.8 Å². The van der Waals surface area contributed by atoms with Crippen molar-refractivity contribution >= 4 is 0 Å². The van der Waals surface area contributed by atoms with Crippen LogP contribution in [0.4, 0.5) is 0 Å². The van der Waals surface area contributed by atoms with Gasteiger partial charge in [0.15, 0.2) is 0 Å². The maximum absolute atomic E-state index is 9.92. The largest absolute Gasteiger partial charge is 0.508 e. The van der Waals surface area contributed by atoms with Crippen molar-refractivity contribution in [2.24, 2.45) is 0 Å². The Hall–Kier alpha value is -2.89. The van der Waals surface area contributed by atoms with Crippen molar-refractivity contribution in [3.8, 4) is 17.1 Å². The highest BCUT2D eigenvalue weighted by Crippen LogP contribution is 2.27. The van der Waals surface area contributed by atoms with Crippen LogP contribution < -0.4 is 0 Å². The number of hydrogen-bond acceptors (Lipinski definition) is 4. The number of rotatable bonds is 6. The average molecular weight is 309 g/mol. The molecule has 3 aromatic rings. The van der Waals surface area contributed by atoms with E-state index in [0.29, 0.717) is 13.0 Å². The van der Waals surface area contributed by atoms with Crippen molar-refractivity contribution in [3.05, 3.63) is 61.5 Å². The van der Waals surface area contributed by atoms with E-state index in [-0.39, 0.29) is 11.8 Å². The summed E-state index contributed by atoms with van der Waals surface area (Å²) in [6, 6.07) is 5.71. The molecule has 0 bridgehead atoms. The van der Waals surface area contributed by atoms with Crippen LogP contribution in [-0.4, -0.2) is 29.4 Å². The third kappa shape index (κ3) is 3.15. The second kappa shape index (κ2) is 6.48. The van der Waals surface area contributed by atoms with Gasteiger partial charge >= 0.3 is 0 Å². The summed E-state index contributed by atoms with van der Waals surface area (Å²) >= 11 is 0. The Kier molecular flexibility index (Phi) is 4.23. The van der Waals surface area contributed by atoms with E-state index in [2.05, 4.69) is 33.1 Å². The molecule has 0 saturated heterocycles. The molecule has 2 aromatic heterocycles. The molecule has 1 atom stereocenters. The Bertz CT molecular complexity index is 791. The predicted octanol–water partition coefficient (Wildman–Crippen LogP) is 2.84. The molecule has 1 unspecified atom stereocenters. The molecule has 6 nitrogen and oxygen atoms in total. The van der Waals surface area contributed by atoms with Gasteiger partial charge in [-0.3, -0.25) is 4.68 Å². The molecule has 0 aliphatic heterocycles. The van der Waals surface area contributed by atoms with E-state index >= 15 is 0 Å². The fraction of sp³-hybridized carbons (Fsp3) is 0.235. The van der Waals surface area contributed by atoms with Crippen molar-refractivity contribution in [2.75, 3.05) is 0 Å². The molecule has 1 aromatic carbocycles. The lowest BCUT2D eigenvalue weighted by atomic mass is 10.1. The molecule has 0 aliphatic carbocycles. The van der Waals surface area contributed by atoms with Gasteiger partial charge in [0, 0.05) is 18.0 Å². The summed E-state index contributed by atoms with van der Waals surface area (Å²) < 4.78 is 3.90. The Morgan fingerprint density at radius 3 is 3.00 bits per heavy atom. The van der Waals surface area contributed by atoms with Crippen molar-refractivity contribution < 1.29 is 5.11 Å². The Morgan fingerprint density at radius 1 is 1.39 bits per heavy atom. The van der Waals surface area contributed by atoms with Crippen molar-refractivity contribution in [1.29, 1.82) is 0 Å². The van der Waals surface area contributed by atoms with Crippen molar-refractivity contribution in [3.63, 3.8) is 0 Å². The summed E-state index contributed by atoms with van der Waals surface area (Å²) in [4.78, 5) is 8.45. The molecule has 2 heterocycles. The second-order valence-corrected chi connectivity index (χ2v) is 5.46. The molecule has 0 aliphatic rings. The Labute approximate surface area is 134 Å². The molecule has 3 rings (SSSR count). The highest BCUT2D eigenvalue weighted by Gasteiger charge is 2.14. The lowest BCUT2D eigenvalue weighted by Gasteiger charge is -2.17. The van der Waals surface area contributed by atoms with Gasteiger partial charge in [0.25, 0.3) is 0 Å². The smallest absolute Gasteiger partial charge is 0.140 e. The van der Waals surface area contributed by atoms with Crippen LogP contribution >= 0.6 is 0 Å². The van der Waals surface area contributed by atoms with Crippen molar-refractivity contribution in [2.45, 2.75) is 25.9 Å². The molecule has 1 N–H and O–H groups in total. The van der Waals surface area contributed by atoms with Crippen LogP contribution in [0.25, 0.3) is 11.4 Å². The van der Waals surface area contributed by atoms with Gasteiger partial charge in [-0.1, -0.05) is 6.08 Å². The lowest BCUT2D eigenvalue weighted by Crippen LogP contribution is -2.14. The molecule has 118 valence electrons. The summed E-state index contributed by atoms with van der Waals surface area (Å²) in [5, 5.41) is 14.1. The Balaban J connectivity index is 1.91. The molecule has 0 spiro atoms. The molecule has 6 heteroatoms. The quantitative estimate of drug-likeness (QED) is 0.711. The molecule has 0 amide bonds. The first-order chi connectivity index (χ1) is 11.2. The van der Waals surface area contributed by atoms with E-state index in [9.17, 15) is 5.11 Å². The van der Waals surface area contributed by atoms with Crippen LogP contribution in [-0.2, 0) is 13.0 Å². The van der Waals surface area contributed by atoms with Gasteiger partial charge in [0.2, 0.25) is 0 Å². The lowest BCUT2D eigenvalue weighted by molar-refractivity contribution is 0.439. The van der Waals surface area contributed by atoms with E-state index in [1.165, 1.54) is 6.33 Å². The van der Waals surface area contributed by atoms with Gasteiger partial charge in [-0.2, -0.15) is 5.10 Å². The Morgan fingerprint density at radius 2 is 2.26 bits per heavy atom. The van der Waals surface area contributed by atoms with Gasteiger partial charge < -0.3 is 9.67 Å². The molecular formula is C17H19N5O. The minimum Gasteiger partial charge on any atom is -0.508 e. The highest BCUT2D eigenvalue weighted by atomic mass is 16.3. The first-order valence-corrected chi connectivity index (χ1v) is 7.47. The van der Waals surface area contributed by atoms with Gasteiger partial charge in [0.1, 0.15) is 24.2 Å². The van der Waals surface area contributed by atoms with E-state index in [0.717, 1.165) is 17.0 Å². The fourth-order valence-electron chi connectivity index (χ4n) is 2.62. The van der Waals surface area contributed by atoms with Crippen molar-refractivity contribution in [1.82, 2.24) is 24.3 Å². The van der Waals surface area contributed by atoms with Crippen LogP contribution in [0.1, 0.15) is 18.5 Å². The molecule has 0 radical (unpaired) electrons. The maximum Gasteiger partial charge on any atom is 0.140 e. The van der Waals surface area contributed by atoms with Gasteiger partial charge in [-0.05, 0) is 37.1 Å². The minimum atomic E-state index is 0.172. The van der Waals surface area contributed by atoms with Gasteiger partial charge in [-0.25, -0.2) is 9.97 Å². The van der Waals surface area contributed by atoms with Crippen LogP contribution in [0.15, 0.2) is 55.9 Å². The average Bonchev–Trinajstić information content (AvgIpc) is 3.20. The third-order valence-corrected chi connectivity index (χ3v) is 3.76. The number of allylic oxidation sites excluding steroid dienone is 1. The SMILES string of the molecule is C=CCc1cc(-c2nccn2C(C)Cn2cncn2)ccc1O. The summed E-state index contributed by atoms with van der Waals surface area (Å²) in [7, 11) is 0. The molecule has 0 saturated carbocycles. The number of nitrogens with zero attached hydrogens (tertiary/aromatic N) is 5. The molecule has 23 heavy (non-hydrogen) atoms. The van der Waals surface area contributed by atoms with E-state index in [4.69, 9.17) is 0 Å². The third-order valence-electron chi connectivity index (χ3n) is 3.76. The first kappa shape index (κ1) is 15.0. The summed E-state index contributed by atoms with van der Waals surface area (Å²) in [5.41, 5.74) is 1.81. The van der Waals surface area contributed by atoms with E-state index in [1.807, 2.05) is 18.3 Å². The summed E-state index contributed by atoms with van der Waals surface area (Å²) in [5.74, 6) is 1.14. The first-order valence-electron chi connectivity index (χ1n) is 7.47. The fourth-order valence-corrected chi connectivity index (χ4v) is 2.62. The van der Waals surface area contributed by atoms with Crippen LogP contribution in [0, 0.1) is 0 Å². The number of aromatic nitrogens is 5. The zero-order valence-corrected chi connectivity index (χ0v) is 13.0. The molecule has 0 fully saturated rings. The van der Waals surface area contributed by atoms with Gasteiger partial charge in [0.05, 0.1) is 12.6 Å². The van der Waals surface area contributed by atoms with Crippen LogP contribution in [0.3, 0.4) is 0 Å². The summed E-state index contributed by atoms with van der Waals surface area (Å²) in [6.07, 6.45) is 9.37. The normalized spacial score (nSPS) is 12.2. The standard InChI is InChI=1S/C17H19N5O/c1-3-4-14-9-15(5-6-16(14)23)17-19-7-8-22(17)13(2)10-21-12-18-11-20-21/h3,5-9,11-13,23H,1,4,10H2,2H3. The number of benzene rings is 1. The highest BCUT2D eigenvalue weighted by molar-refractivity contribution is 5.59. The van der Waals surface area contributed by atoms with Crippen LogP contribution in [0.2, 0.25) is 0 Å². The monoisotopic (exact) mass is 309 g/mol. The number of phenolic OH excluding ortho intramolecular Hbond substituents is 1. The number of imidazole rings is 1. The van der Waals surface area contributed by atoms with E-state index < -0.39 is 0 Å². The summed E-state index contributed by atoms with van der Waals surface area (Å²) in [6.45, 7) is 6.55. The second-order valence-electron chi connectivity index (χ2n) is 5.46. The van der Waals surface area contributed by atoms with Gasteiger partial charge in [-0.15, -0.1) is 6.58 Å². The zero-order chi connectivity index (χ0) is 16.2. The zero-order valence-electron chi connectivity index (χ0n) is 13.0. The predicted molar refractivity (Wildman–Crippen MR) is 88.0 cm³/mol. The van der Waals surface area contributed by atoms with E-state index in [1.54, 1.807) is 29.3 Å². The molecular weight excluding hydrogens is 290 g/mol. The number of phenols is 1. The maximum atomic E-state index is 9.92. The van der Waals surface area contributed by atoms with Crippen LogP contribution in [0.5, 0.6) is 5.75 Å². The minimum absolute atomic E-state index is 0.172. The number of aromatic hydroxyl groups is 1.